The van der Waals surface area contributed by atoms with E-state index in [9.17, 15) is 14.4 Å². The van der Waals surface area contributed by atoms with E-state index in [2.05, 4.69) is 10.6 Å². The van der Waals surface area contributed by atoms with Gasteiger partial charge in [-0.1, -0.05) is 23.7 Å². The average molecular weight is 362 g/mol. The van der Waals surface area contributed by atoms with Gasteiger partial charge in [0, 0.05) is 17.5 Å². The topological polar surface area (TPSA) is 87.7 Å². The maximum Gasteiger partial charge on any atom is 0.336 e. The number of carbonyl (C=O) groups is 3. The maximum atomic E-state index is 12.6. The summed E-state index contributed by atoms with van der Waals surface area (Å²) < 4.78 is 5.18. The van der Waals surface area contributed by atoms with Crippen molar-refractivity contribution < 1.29 is 19.1 Å². The van der Waals surface area contributed by atoms with Crippen LogP contribution in [0, 0.1) is 5.92 Å². The molecule has 3 amide bonds. The highest BCUT2D eigenvalue weighted by Gasteiger charge is 2.53. The highest BCUT2D eigenvalue weighted by Crippen LogP contribution is 2.43. The van der Waals surface area contributed by atoms with Crippen molar-refractivity contribution in [3.63, 3.8) is 0 Å². The van der Waals surface area contributed by atoms with Crippen LogP contribution in [-0.2, 0) is 14.3 Å². The number of cyclic esters (lactones) is 1. The first-order valence-corrected chi connectivity index (χ1v) is 8.42. The fourth-order valence-electron chi connectivity index (χ4n) is 3.82. The Hall–Kier alpha value is -2.54. The van der Waals surface area contributed by atoms with Gasteiger partial charge in [-0.2, -0.15) is 0 Å². The molecule has 25 heavy (non-hydrogen) atoms. The van der Waals surface area contributed by atoms with Gasteiger partial charge < -0.3 is 15.0 Å². The number of carbonyl (C=O) groups excluding carboxylic acids is 3. The van der Waals surface area contributed by atoms with Gasteiger partial charge in [-0.15, -0.1) is 0 Å². The Morgan fingerprint density at radius 2 is 1.96 bits per heavy atom. The first-order chi connectivity index (χ1) is 12.0. The summed E-state index contributed by atoms with van der Waals surface area (Å²) in [6.45, 7) is 2.39. The van der Waals surface area contributed by atoms with Gasteiger partial charge in [0.15, 0.2) is 0 Å². The van der Waals surface area contributed by atoms with Crippen molar-refractivity contribution in [2.75, 3.05) is 13.2 Å². The summed E-state index contributed by atoms with van der Waals surface area (Å²) in [7, 11) is 0. The number of hydrogen-bond donors (Lipinski definition) is 2. The van der Waals surface area contributed by atoms with Crippen LogP contribution in [0.25, 0.3) is 0 Å². The zero-order valence-electron chi connectivity index (χ0n) is 13.4. The average Bonchev–Trinajstić information content (AvgIpc) is 2.95. The third-order valence-corrected chi connectivity index (χ3v) is 5.18. The van der Waals surface area contributed by atoms with Gasteiger partial charge in [-0.3, -0.25) is 10.1 Å². The van der Waals surface area contributed by atoms with Crippen LogP contribution < -0.4 is 10.6 Å². The van der Waals surface area contributed by atoms with Crippen LogP contribution >= 0.6 is 11.6 Å². The molecule has 0 aliphatic carbocycles. The molecule has 7 nitrogen and oxygen atoms in total. The van der Waals surface area contributed by atoms with Crippen LogP contribution in [-0.4, -0.2) is 42.1 Å². The number of halogens is 1. The van der Waals surface area contributed by atoms with Crippen molar-refractivity contribution in [1.82, 2.24) is 15.5 Å². The second-order valence-corrected chi connectivity index (χ2v) is 6.63. The highest BCUT2D eigenvalue weighted by molar-refractivity contribution is 6.30. The molecule has 1 fully saturated rings. The van der Waals surface area contributed by atoms with Crippen LogP contribution in [0.15, 0.2) is 35.5 Å². The highest BCUT2D eigenvalue weighted by atomic mass is 35.5. The van der Waals surface area contributed by atoms with Gasteiger partial charge in [0.05, 0.1) is 17.2 Å². The number of amides is 3. The van der Waals surface area contributed by atoms with E-state index in [1.54, 1.807) is 29.2 Å². The lowest BCUT2D eigenvalue weighted by Crippen LogP contribution is -2.67. The number of ether oxygens (including phenoxy) is 1. The third kappa shape index (κ3) is 2.38. The molecule has 1 aromatic rings. The van der Waals surface area contributed by atoms with E-state index in [4.69, 9.17) is 16.3 Å². The lowest BCUT2D eigenvalue weighted by atomic mass is 9.74. The number of urea groups is 1. The van der Waals surface area contributed by atoms with Crippen molar-refractivity contribution in [3.05, 3.63) is 46.1 Å². The van der Waals surface area contributed by atoms with Gasteiger partial charge in [0.25, 0.3) is 0 Å². The van der Waals surface area contributed by atoms with Gasteiger partial charge >= 0.3 is 12.0 Å². The van der Waals surface area contributed by atoms with Crippen molar-refractivity contribution in [2.24, 2.45) is 5.92 Å². The fraction of sp³-hybridized carbons (Fsp3) is 0.353. The minimum absolute atomic E-state index is 0.120. The molecule has 3 atom stereocenters. The number of rotatable bonds is 2. The lowest BCUT2D eigenvalue weighted by Gasteiger charge is -2.46. The number of fused-ring (bicyclic) bond motifs is 1. The van der Waals surface area contributed by atoms with E-state index < -0.39 is 35.9 Å². The predicted octanol–water partition coefficient (Wildman–Crippen LogP) is 1.35. The van der Waals surface area contributed by atoms with Crippen LogP contribution in [0.2, 0.25) is 5.02 Å². The number of hydrogen-bond acceptors (Lipinski definition) is 5. The van der Waals surface area contributed by atoms with E-state index in [1.165, 1.54) is 0 Å². The van der Waals surface area contributed by atoms with Crippen molar-refractivity contribution in [1.29, 1.82) is 0 Å². The summed E-state index contributed by atoms with van der Waals surface area (Å²) in [5, 5.41) is 6.13. The predicted molar refractivity (Wildman–Crippen MR) is 88.5 cm³/mol. The molecule has 0 aromatic heterocycles. The molecule has 0 radical (unpaired) electrons. The molecule has 0 saturated carbocycles. The summed E-state index contributed by atoms with van der Waals surface area (Å²) >= 11 is 5.97. The zero-order valence-corrected chi connectivity index (χ0v) is 14.2. The lowest BCUT2D eigenvalue weighted by molar-refractivity contribution is -0.136. The Balaban J connectivity index is 1.87. The van der Waals surface area contributed by atoms with E-state index in [1.807, 2.05) is 6.92 Å². The largest absolute Gasteiger partial charge is 0.456 e. The standard InChI is InChI=1S/C17H16ClN3O4/c1-2-21-14-13(15(22)20-17(21)24)11(8-3-5-9(18)6-4-8)12-10(19-14)7-25-16(12)23/h3-6,11,13-14,19H,2,7H2,1H3,(H,20,22,24). The van der Waals surface area contributed by atoms with Crippen molar-refractivity contribution in [3.8, 4) is 0 Å². The minimum Gasteiger partial charge on any atom is -0.456 e. The summed E-state index contributed by atoms with van der Waals surface area (Å²) in [5.74, 6) is -1.98. The van der Waals surface area contributed by atoms with Crippen LogP contribution in [0.4, 0.5) is 4.79 Å². The summed E-state index contributed by atoms with van der Waals surface area (Å²) in [6, 6.07) is 6.60. The molecule has 8 heteroatoms. The van der Waals surface area contributed by atoms with Crippen LogP contribution in [0.3, 0.4) is 0 Å². The molecule has 3 heterocycles. The van der Waals surface area contributed by atoms with Gasteiger partial charge in [0.2, 0.25) is 5.91 Å². The molecular weight excluding hydrogens is 346 g/mol. The Kier molecular flexibility index (Phi) is 3.68. The van der Waals surface area contributed by atoms with E-state index >= 15 is 0 Å². The fourth-order valence-corrected chi connectivity index (χ4v) is 3.94. The van der Waals surface area contributed by atoms with E-state index in [0.29, 0.717) is 22.8 Å². The molecule has 4 rings (SSSR count). The maximum absolute atomic E-state index is 12.6. The second-order valence-electron chi connectivity index (χ2n) is 6.19. The minimum atomic E-state index is -0.636. The molecule has 1 saturated heterocycles. The second kappa shape index (κ2) is 5.77. The molecular formula is C17H16ClN3O4. The summed E-state index contributed by atoms with van der Waals surface area (Å²) in [5.41, 5.74) is 1.86. The molecule has 3 aliphatic heterocycles. The van der Waals surface area contributed by atoms with E-state index in [-0.39, 0.29) is 6.61 Å². The van der Waals surface area contributed by atoms with Crippen molar-refractivity contribution in [2.45, 2.75) is 19.0 Å². The SMILES string of the molecule is CCN1C(=O)NC(=O)C2C(c3ccc(Cl)cc3)C3=C(COC3=O)NC21. The summed E-state index contributed by atoms with van der Waals surface area (Å²) in [6.07, 6.45) is -0.528. The third-order valence-electron chi connectivity index (χ3n) is 4.92. The smallest absolute Gasteiger partial charge is 0.336 e. The monoisotopic (exact) mass is 361 g/mol. The number of esters is 1. The van der Waals surface area contributed by atoms with Crippen molar-refractivity contribution >= 4 is 29.5 Å². The first-order valence-electron chi connectivity index (χ1n) is 8.05. The van der Waals surface area contributed by atoms with Crippen LogP contribution in [0.5, 0.6) is 0 Å². The molecule has 0 bridgehead atoms. The van der Waals surface area contributed by atoms with Gasteiger partial charge in [-0.05, 0) is 24.6 Å². The molecule has 3 unspecified atom stereocenters. The van der Waals surface area contributed by atoms with E-state index in [0.717, 1.165) is 5.56 Å². The van der Waals surface area contributed by atoms with Gasteiger partial charge in [0.1, 0.15) is 12.8 Å². The van der Waals surface area contributed by atoms with Crippen LogP contribution in [0.1, 0.15) is 18.4 Å². The molecule has 2 N–H and O–H groups in total. The first kappa shape index (κ1) is 16.0. The number of nitrogens with zero attached hydrogens (tertiary/aromatic N) is 1. The summed E-state index contributed by atoms with van der Waals surface area (Å²) in [4.78, 5) is 38.7. The number of imide groups is 1. The Bertz CT molecular complexity index is 805. The number of benzene rings is 1. The normalized spacial score (nSPS) is 28.2. The molecule has 0 spiro atoms. The molecule has 1 aromatic carbocycles. The molecule has 3 aliphatic rings. The zero-order chi connectivity index (χ0) is 17.7. The Labute approximate surface area is 148 Å². The van der Waals surface area contributed by atoms with Gasteiger partial charge in [-0.25, -0.2) is 9.59 Å². The number of nitrogens with one attached hydrogen (secondary N) is 2. The Morgan fingerprint density at radius 3 is 2.64 bits per heavy atom. The quantitative estimate of drug-likeness (QED) is 0.776. The molecule has 130 valence electrons. The Morgan fingerprint density at radius 1 is 1.24 bits per heavy atom.